The van der Waals surface area contributed by atoms with Crippen molar-refractivity contribution in [2.45, 2.75) is 33.6 Å². The Bertz CT molecular complexity index is 476. The van der Waals surface area contributed by atoms with Crippen LogP contribution in [0.5, 0.6) is 0 Å². The van der Waals surface area contributed by atoms with Gasteiger partial charge in [0.05, 0.1) is 11.4 Å². The topological polar surface area (TPSA) is 72.9 Å². The lowest BCUT2D eigenvalue weighted by atomic mass is 10.1. The molecule has 3 N–H and O–H groups in total. The smallest absolute Gasteiger partial charge is 0.271 e. The molecule has 18 heavy (non-hydrogen) atoms. The fourth-order valence-corrected chi connectivity index (χ4v) is 2.35. The minimum atomic E-state index is -0.120. The van der Waals surface area contributed by atoms with Crippen LogP contribution in [0.4, 0.5) is 5.69 Å². The molecule has 0 spiro atoms. The van der Waals surface area contributed by atoms with Crippen molar-refractivity contribution in [2.75, 3.05) is 12.3 Å². The highest BCUT2D eigenvalue weighted by Gasteiger charge is 2.45. The summed E-state index contributed by atoms with van der Waals surface area (Å²) in [7, 11) is 1.76. The lowest BCUT2D eigenvalue weighted by Gasteiger charge is -2.07. The molecule has 0 aliphatic heterocycles. The summed E-state index contributed by atoms with van der Waals surface area (Å²) >= 11 is 0. The molecule has 1 unspecified atom stereocenters. The molecular formula is C13H22N4O. The zero-order valence-corrected chi connectivity index (χ0v) is 11.6. The summed E-state index contributed by atoms with van der Waals surface area (Å²) < 4.78 is 1.57. The van der Waals surface area contributed by atoms with Crippen LogP contribution in [0.3, 0.4) is 0 Å². The number of aryl methyl sites for hydroxylation is 2. The van der Waals surface area contributed by atoms with Gasteiger partial charge in [-0.1, -0.05) is 20.8 Å². The zero-order valence-electron chi connectivity index (χ0n) is 11.6. The molecular weight excluding hydrogens is 228 g/mol. The zero-order chi connectivity index (χ0) is 13.5. The van der Waals surface area contributed by atoms with Gasteiger partial charge in [0.2, 0.25) is 0 Å². The highest BCUT2D eigenvalue weighted by Crippen LogP contribution is 2.50. The summed E-state index contributed by atoms with van der Waals surface area (Å²) in [4.78, 5) is 12.1. The van der Waals surface area contributed by atoms with Crippen molar-refractivity contribution in [1.29, 1.82) is 0 Å². The standard InChI is InChI=1S/C13H22N4O/c1-5-9-10(14)11(17(4)16-9)12(18)15-7-8-6-13(8,2)3/h8H,5-7,14H2,1-4H3,(H,15,18). The summed E-state index contributed by atoms with van der Waals surface area (Å²) in [6, 6.07) is 0. The Labute approximate surface area is 108 Å². The van der Waals surface area contributed by atoms with Crippen LogP contribution in [0.1, 0.15) is 43.4 Å². The van der Waals surface area contributed by atoms with E-state index in [1.54, 1.807) is 11.7 Å². The molecule has 100 valence electrons. The van der Waals surface area contributed by atoms with E-state index < -0.39 is 0 Å². The first-order chi connectivity index (χ1) is 8.36. The second kappa shape index (κ2) is 4.30. The number of hydrogen-bond acceptors (Lipinski definition) is 3. The minimum Gasteiger partial charge on any atom is -0.395 e. The van der Waals surface area contributed by atoms with Crippen LogP contribution in [0.15, 0.2) is 0 Å². The van der Waals surface area contributed by atoms with Crippen molar-refractivity contribution >= 4 is 11.6 Å². The van der Waals surface area contributed by atoms with Crippen molar-refractivity contribution < 1.29 is 4.79 Å². The first-order valence-corrected chi connectivity index (χ1v) is 6.46. The van der Waals surface area contributed by atoms with Crippen molar-refractivity contribution in [3.8, 4) is 0 Å². The monoisotopic (exact) mass is 250 g/mol. The number of carbonyl (C=O) groups is 1. The fraction of sp³-hybridized carbons (Fsp3) is 0.692. The molecule has 1 saturated carbocycles. The van der Waals surface area contributed by atoms with E-state index in [9.17, 15) is 4.79 Å². The van der Waals surface area contributed by atoms with E-state index in [2.05, 4.69) is 24.3 Å². The molecule has 1 aliphatic rings. The molecule has 0 radical (unpaired) electrons. The first-order valence-electron chi connectivity index (χ1n) is 6.46. The Morgan fingerprint density at radius 2 is 2.22 bits per heavy atom. The predicted molar refractivity (Wildman–Crippen MR) is 71.2 cm³/mol. The second-order valence-corrected chi connectivity index (χ2v) is 5.79. The molecule has 0 aromatic carbocycles. The Balaban J connectivity index is 2.03. The van der Waals surface area contributed by atoms with E-state index in [0.717, 1.165) is 18.7 Å². The molecule has 1 aromatic heterocycles. The molecule has 1 amide bonds. The summed E-state index contributed by atoms with van der Waals surface area (Å²) in [5.74, 6) is 0.464. The molecule has 1 aliphatic carbocycles. The third-order valence-corrected chi connectivity index (χ3v) is 3.94. The number of nitrogens with zero attached hydrogens (tertiary/aromatic N) is 2. The number of aromatic nitrogens is 2. The Morgan fingerprint density at radius 1 is 1.61 bits per heavy atom. The third kappa shape index (κ3) is 2.21. The number of rotatable bonds is 4. The number of hydrogen-bond donors (Lipinski definition) is 2. The number of nitrogens with one attached hydrogen (secondary N) is 1. The van der Waals surface area contributed by atoms with Gasteiger partial charge in [0.25, 0.3) is 5.91 Å². The number of nitrogens with two attached hydrogens (primary N) is 1. The number of carbonyl (C=O) groups excluding carboxylic acids is 1. The SMILES string of the molecule is CCc1nn(C)c(C(=O)NCC2CC2(C)C)c1N. The van der Waals surface area contributed by atoms with Crippen molar-refractivity contribution in [1.82, 2.24) is 15.1 Å². The highest BCUT2D eigenvalue weighted by molar-refractivity contribution is 5.98. The number of nitrogen functional groups attached to an aromatic ring is 1. The van der Waals surface area contributed by atoms with Crippen molar-refractivity contribution in [3.05, 3.63) is 11.4 Å². The molecule has 1 fully saturated rings. The molecule has 1 atom stereocenters. The highest BCUT2D eigenvalue weighted by atomic mass is 16.2. The van der Waals surface area contributed by atoms with Crippen molar-refractivity contribution in [2.24, 2.45) is 18.4 Å². The predicted octanol–water partition coefficient (Wildman–Crippen LogP) is 1.34. The van der Waals surface area contributed by atoms with Gasteiger partial charge in [0, 0.05) is 13.6 Å². The summed E-state index contributed by atoms with van der Waals surface area (Å²) in [6.07, 6.45) is 1.91. The third-order valence-electron chi connectivity index (χ3n) is 3.94. The van der Waals surface area contributed by atoms with Crippen LogP contribution in [-0.4, -0.2) is 22.2 Å². The van der Waals surface area contributed by atoms with E-state index in [0.29, 0.717) is 22.7 Å². The average molecular weight is 250 g/mol. The molecule has 5 heteroatoms. The number of anilines is 1. The molecule has 2 rings (SSSR count). The largest absolute Gasteiger partial charge is 0.395 e. The van der Waals surface area contributed by atoms with Crippen LogP contribution >= 0.6 is 0 Å². The van der Waals surface area contributed by atoms with E-state index in [-0.39, 0.29) is 5.91 Å². The fourth-order valence-electron chi connectivity index (χ4n) is 2.35. The van der Waals surface area contributed by atoms with E-state index in [1.807, 2.05) is 6.92 Å². The summed E-state index contributed by atoms with van der Waals surface area (Å²) in [6.45, 7) is 7.14. The van der Waals surface area contributed by atoms with Gasteiger partial charge < -0.3 is 11.1 Å². The maximum atomic E-state index is 12.1. The quantitative estimate of drug-likeness (QED) is 0.847. The molecule has 0 bridgehead atoms. The van der Waals surface area contributed by atoms with Gasteiger partial charge in [-0.3, -0.25) is 9.48 Å². The molecule has 1 aromatic rings. The maximum absolute atomic E-state index is 12.1. The van der Waals surface area contributed by atoms with Crippen LogP contribution in [0, 0.1) is 11.3 Å². The van der Waals surface area contributed by atoms with Crippen molar-refractivity contribution in [3.63, 3.8) is 0 Å². The Morgan fingerprint density at radius 3 is 2.67 bits per heavy atom. The van der Waals surface area contributed by atoms with Crippen LogP contribution in [0.2, 0.25) is 0 Å². The van der Waals surface area contributed by atoms with Gasteiger partial charge in [-0.2, -0.15) is 5.10 Å². The van der Waals surface area contributed by atoms with E-state index in [4.69, 9.17) is 5.73 Å². The van der Waals surface area contributed by atoms with E-state index in [1.165, 1.54) is 6.42 Å². The minimum absolute atomic E-state index is 0.120. The first kappa shape index (κ1) is 12.9. The molecule has 0 saturated heterocycles. The molecule has 1 heterocycles. The van der Waals surface area contributed by atoms with Gasteiger partial charge in [-0.25, -0.2) is 0 Å². The lowest BCUT2D eigenvalue weighted by molar-refractivity contribution is 0.0942. The Kier molecular flexibility index (Phi) is 3.09. The summed E-state index contributed by atoms with van der Waals surface area (Å²) in [5.41, 5.74) is 8.09. The van der Waals surface area contributed by atoms with Crippen LogP contribution in [-0.2, 0) is 13.5 Å². The van der Waals surface area contributed by atoms with Gasteiger partial charge in [-0.05, 0) is 24.2 Å². The second-order valence-electron chi connectivity index (χ2n) is 5.79. The van der Waals surface area contributed by atoms with Gasteiger partial charge in [-0.15, -0.1) is 0 Å². The normalized spacial score (nSPS) is 20.8. The maximum Gasteiger partial charge on any atom is 0.271 e. The van der Waals surface area contributed by atoms with Gasteiger partial charge in [0.15, 0.2) is 0 Å². The van der Waals surface area contributed by atoms with E-state index >= 15 is 0 Å². The summed E-state index contributed by atoms with van der Waals surface area (Å²) in [5, 5.41) is 7.21. The Hall–Kier alpha value is -1.52. The van der Waals surface area contributed by atoms with Gasteiger partial charge >= 0.3 is 0 Å². The van der Waals surface area contributed by atoms with Gasteiger partial charge in [0.1, 0.15) is 5.69 Å². The van der Waals surface area contributed by atoms with Crippen LogP contribution < -0.4 is 11.1 Å². The van der Waals surface area contributed by atoms with Crippen LogP contribution in [0.25, 0.3) is 0 Å². The lowest BCUT2D eigenvalue weighted by Crippen LogP contribution is -2.29. The molecule has 5 nitrogen and oxygen atoms in total. The number of amides is 1. The average Bonchev–Trinajstić information content (AvgIpc) is 2.79.